The fourth-order valence-electron chi connectivity index (χ4n) is 1.57. The van der Waals surface area contributed by atoms with E-state index in [4.69, 9.17) is 5.73 Å². The molecule has 7 heteroatoms. The smallest absolute Gasteiger partial charge is 0.249 e. The maximum atomic E-state index is 11.8. The molecule has 0 aromatic carbocycles. The minimum absolute atomic E-state index is 0.235. The van der Waals surface area contributed by atoms with E-state index in [2.05, 4.69) is 20.5 Å². The number of carbonyl (C=O) groups excluding carboxylic acids is 1. The van der Waals surface area contributed by atoms with Crippen molar-refractivity contribution in [1.29, 1.82) is 0 Å². The average Bonchev–Trinajstić information content (AvgIpc) is 2.44. The van der Waals surface area contributed by atoms with Gasteiger partial charge in [0.1, 0.15) is 0 Å². The Hall–Kier alpha value is -1.21. The highest BCUT2D eigenvalue weighted by Crippen LogP contribution is 2.07. The quantitative estimate of drug-likeness (QED) is 0.776. The summed E-state index contributed by atoms with van der Waals surface area (Å²) in [5.41, 5.74) is 7.51. The molecular weight excluding hydrogens is 262 g/mol. The van der Waals surface area contributed by atoms with Gasteiger partial charge in [0.05, 0.1) is 17.4 Å². The Morgan fingerprint density at radius 3 is 2.58 bits per heavy atom. The minimum Gasteiger partial charge on any atom is -0.320 e. The molecule has 1 amide bonds. The summed E-state index contributed by atoms with van der Waals surface area (Å²) in [5, 5.41) is 10.6. The van der Waals surface area contributed by atoms with Gasteiger partial charge in [-0.1, -0.05) is 13.8 Å². The van der Waals surface area contributed by atoms with E-state index in [-0.39, 0.29) is 11.9 Å². The first-order valence-corrected chi connectivity index (χ1v) is 7.79. The summed E-state index contributed by atoms with van der Waals surface area (Å²) in [5.74, 6) is 0.823. The maximum Gasteiger partial charge on any atom is 0.249 e. The van der Waals surface area contributed by atoms with Gasteiger partial charge in [-0.15, -0.1) is 10.2 Å². The lowest BCUT2D eigenvalue weighted by Gasteiger charge is -2.11. The van der Waals surface area contributed by atoms with Crippen LogP contribution < -0.4 is 11.1 Å². The maximum absolute atomic E-state index is 11.8. The number of hydrogen-bond donors (Lipinski definition) is 2. The fraction of sp³-hybridized carbons (Fsp3) is 0.667. The number of nitrogens with one attached hydrogen (secondary N) is 1. The summed E-state index contributed by atoms with van der Waals surface area (Å²) in [6, 6.07) is -0.535. The first-order valence-electron chi connectivity index (χ1n) is 6.40. The van der Waals surface area contributed by atoms with Gasteiger partial charge in [-0.2, -0.15) is 11.8 Å². The Morgan fingerprint density at radius 1 is 1.32 bits per heavy atom. The lowest BCUT2D eigenvalue weighted by molar-refractivity contribution is -0.117. The highest BCUT2D eigenvalue weighted by molar-refractivity contribution is 7.98. The van der Waals surface area contributed by atoms with Crippen molar-refractivity contribution in [3.63, 3.8) is 0 Å². The molecule has 0 spiro atoms. The molecule has 0 aliphatic carbocycles. The second-order valence-corrected chi connectivity index (χ2v) is 5.10. The van der Waals surface area contributed by atoms with Crippen LogP contribution in [0.25, 0.3) is 0 Å². The van der Waals surface area contributed by atoms with Crippen LogP contribution in [-0.4, -0.2) is 39.1 Å². The molecule has 1 aromatic rings. The zero-order valence-corrected chi connectivity index (χ0v) is 12.5. The topological polar surface area (TPSA) is 93.8 Å². The molecule has 1 atom stereocenters. The Balaban J connectivity index is 2.69. The summed E-state index contributed by atoms with van der Waals surface area (Å²) >= 11 is 1.66. The van der Waals surface area contributed by atoms with Crippen molar-refractivity contribution < 1.29 is 4.79 Å². The summed E-state index contributed by atoms with van der Waals surface area (Å²) in [4.78, 5) is 16.1. The molecular formula is C12H21N5OS. The van der Waals surface area contributed by atoms with E-state index in [1.54, 1.807) is 11.8 Å². The second-order valence-electron chi connectivity index (χ2n) is 4.11. The number of nitrogens with two attached hydrogens (primary N) is 1. The standard InChI is InChI=1S/C12H21N5OS/c1-4-9-10(5-2)16-17-12(14-9)15-11(18)8(13)6-7-19-3/h8H,4-7,13H2,1-3H3,(H,14,15,17,18)/t8-/m1/s1. The molecule has 0 aliphatic heterocycles. The van der Waals surface area contributed by atoms with Crippen molar-refractivity contribution in [2.45, 2.75) is 39.2 Å². The van der Waals surface area contributed by atoms with E-state index < -0.39 is 6.04 Å². The molecule has 19 heavy (non-hydrogen) atoms. The predicted octanol–water partition coefficient (Wildman–Crippen LogP) is 1.02. The van der Waals surface area contributed by atoms with E-state index in [1.807, 2.05) is 20.1 Å². The summed E-state index contributed by atoms with van der Waals surface area (Å²) in [6.45, 7) is 4.00. The van der Waals surface area contributed by atoms with Gasteiger partial charge >= 0.3 is 0 Å². The van der Waals surface area contributed by atoms with E-state index >= 15 is 0 Å². The lowest BCUT2D eigenvalue weighted by atomic mass is 10.2. The van der Waals surface area contributed by atoms with Crippen LogP contribution in [0.15, 0.2) is 0 Å². The SMILES string of the molecule is CCc1nnc(NC(=O)[C@H](N)CCSC)nc1CC. The minimum atomic E-state index is -0.535. The number of amides is 1. The molecule has 1 rings (SSSR count). The third-order valence-corrected chi connectivity index (χ3v) is 3.36. The van der Waals surface area contributed by atoms with Crippen molar-refractivity contribution >= 4 is 23.6 Å². The van der Waals surface area contributed by atoms with Gasteiger partial charge in [-0.3, -0.25) is 10.1 Å². The average molecular weight is 283 g/mol. The van der Waals surface area contributed by atoms with E-state index in [0.717, 1.165) is 30.0 Å². The number of carbonyl (C=O) groups is 1. The first-order chi connectivity index (χ1) is 9.12. The third kappa shape index (κ3) is 4.76. The largest absolute Gasteiger partial charge is 0.320 e. The van der Waals surface area contributed by atoms with Gasteiger partial charge in [0.2, 0.25) is 11.9 Å². The van der Waals surface area contributed by atoms with Crippen molar-refractivity contribution in [1.82, 2.24) is 15.2 Å². The summed E-state index contributed by atoms with van der Waals surface area (Å²) in [7, 11) is 0. The lowest BCUT2D eigenvalue weighted by Crippen LogP contribution is -2.36. The Kier molecular flexibility index (Phi) is 6.72. The normalized spacial score (nSPS) is 12.2. The molecule has 1 heterocycles. The molecule has 1 aromatic heterocycles. The van der Waals surface area contributed by atoms with Crippen LogP contribution in [0.2, 0.25) is 0 Å². The van der Waals surface area contributed by atoms with E-state index in [0.29, 0.717) is 6.42 Å². The van der Waals surface area contributed by atoms with Crippen molar-refractivity contribution in [3.05, 3.63) is 11.4 Å². The Labute approximate surface area is 118 Å². The molecule has 0 bridgehead atoms. The molecule has 106 valence electrons. The van der Waals surface area contributed by atoms with Gasteiger partial charge in [-0.25, -0.2) is 4.98 Å². The fourth-order valence-corrected chi connectivity index (χ4v) is 2.06. The molecule has 0 fully saturated rings. The van der Waals surface area contributed by atoms with Crippen molar-refractivity contribution in [2.24, 2.45) is 5.73 Å². The van der Waals surface area contributed by atoms with Gasteiger partial charge in [0.15, 0.2) is 0 Å². The first kappa shape index (κ1) is 15.8. The van der Waals surface area contributed by atoms with Crippen molar-refractivity contribution in [3.8, 4) is 0 Å². The van der Waals surface area contributed by atoms with Crippen LogP contribution in [0.4, 0.5) is 5.95 Å². The van der Waals surface area contributed by atoms with Crippen molar-refractivity contribution in [2.75, 3.05) is 17.3 Å². The van der Waals surface area contributed by atoms with Gasteiger partial charge in [0, 0.05) is 0 Å². The monoisotopic (exact) mass is 283 g/mol. The van der Waals surface area contributed by atoms with Gasteiger partial charge in [0.25, 0.3) is 0 Å². The number of rotatable bonds is 7. The predicted molar refractivity (Wildman–Crippen MR) is 78.2 cm³/mol. The van der Waals surface area contributed by atoms with Gasteiger partial charge < -0.3 is 5.73 Å². The zero-order valence-electron chi connectivity index (χ0n) is 11.6. The van der Waals surface area contributed by atoms with Crippen LogP contribution in [0, 0.1) is 0 Å². The van der Waals surface area contributed by atoms with Crippen LogP contribution in [-0.2, 0) is 17.6 Å². The summed E-state index contributed by atoms with van der Waals surface area (Å²) < 4.78 is 0. The number of anilines is 1. The Morgan fingerprint density at radius 2 is 2.00 bits per heavy atom. The van der Waals surface area contributed by atoms with Gasteiger partial charge in [-0.05, 0) is 31.3 Å². The van der Waals surface area contributed by atoms with Crippen LogP contribution >= 0.6 is 11.8 Å². The zero-order chi connectivity index (χ0) is 14.3. The number of aryl methyl sites for hydroxylation is 2. The molecule has 0 saturated carbocycles. The summed E-state index contributed by atoms with van der Waals surface area (Å²) in [6.07, 6.45) is 4.16. The number of aromatic nitrogens is 3. The van der Waals surface area contributed by atoms with E-state index in [9.17, 15) is 4.79 Å². The van der Waals surface area contributed by atoms with E-state index in [1.165, 1.54) is 0 Å². The highest BCUT2D eigenvalue weighted by Gasteiger charge is 2.15. The number of nitrogens with zero attached hydrogens (tertiary/aromatic N) is 3. The second kappa shape index (κ2) is 8.06. The molecule has 6 nitrogen and oxygen atoms in total. The highest BCUT2D eigenvalue weighted by atomic mass is 32.2. The molecule has 0 radical (unpaired) electrons. The number of hydrogen-bond acceptors (Lipinski definition) is 6. The molecule has 0 unspecified atom stereocenters. The molecule has 0 aliphatic rings. The molecule has 3 N–H and O–H groups in total. The molecule has 0 saturated heterocycles. The Bertz CT molecular complexity index is 427. The van der Waals surface area contributed by atoms with Crippen LogP contribution in [0.5, 0.6) is 0 Å². The third-order valence-electron chi connectivity index (χ3n) is 2.71. The van der Waals surface area contributed by atoms with Crippen LogP contribution in [0.1, 0.15) is 31.7 Å². The van der Waals surface area contributed by atoms with Crippen LogP contribution in [0.3, 0.4) is 0 Å². The number of thioether (sulfide) groups is 1.